The number of hydrogen-bond acceptors (Lipinski definition) is 1. The Labute approximate surface area is 108 Å². The first kappa shape index (κ1) is 12.4. The molecule has 1 N–H and O–H groups in total. The highest BCUT2D eigenvalue weighted by atomic mass is 16.3. The molecule has 0 aromatic heterocycles. The first-order chi connectivity index (χ1) is 8.65. The summed E-state index contributed by atoms with van der Waals surface area (Å²) < 4.78 is 0. The summed E-state index contributed by atoms with van der Waals surface area (Å²) in [5.74, 6) is 5.84. The molecule has 2 rings (SSSR count). The summed E-state index contributed by atoms with van der Waals surface area (Å²) in [5.41, 5.74) is 4.14. The third kappa shape index (κ3) is 3.23. The maximum atomic E-state index is 9.95. The third-order valence-electron chi connectivity index (χ3n) is 2.80. The molecule has 0 aliphatic heterocycles. The monoisotopic (exact) mass is 236 g/mol. The second-order valence-corrected chi connectivity index (χ2v) is 4.45. The van der Waals surface area contributed by atoms with E-state index in [1.165, 1.54) is 11.1 Å². The van der Waals surface area contributed by atoms with Crippen molar-refractivity contribution in [2.45, 2.75) is 20.0 Å². The Hall–Kier alpha value is -2.04. The van der Waals surface area contributed by atoms with Gasteiger partial charge < -0.3 is 5.11 Å². The summed E-state index contributed by atoms with van der Waals surface area (Å²) in [6.07, 6.45) is -0.730. The van der Waals surface area contributed by atoms with Crippen LogP contribution >= 0.6 is 0 Å². The largest absolute Gasteiger partial charge is 0.376 e. The molecule has 2 aromatic rings. The van der Waals surface area contributed by atoms with Gasteiger partial charge in [-0.05, 0) is 31.5 Å². The van der Waals surface area contributed by atoms with Crippen LogP contribution in [0.1, 0.15) is 28.4 Å². The summed E-state index contributed by atoms with van der Waals surface area (Å²) in [6, 6.07) is 15.7. The van der Waals surface area contributed by atoms with Crippen LogP contribution in [-0.2, 0) is 0 Å². The number of hydrogen-bond donors (Lipinski definition) is 1. The van der Waals surface area contributed by atoms with Crippen molar-refractivity contribution in [1.82, 2.24) is 0 Å². The van der Waals surface area contributed by atoms with Gasteiger partial charge in [-0.15, -0.1) is 0 Å². The van der Waals surface area contributed by atoms with E-state index in [-0.39, 0.29) is 0 Å². The molecule has 18 heavy (non-hydrogen) atoms. The lowest BCUT2D eigenvalue weighted by Gasteiger charge is -2.03. The lowest BCUT2D eigenvalue weighted by atomic mass is 10.1. The Morgan fingerprint density at radius 3 is 1.89 bits per heavy atom. The molecule has 0 fully saturated rings. The van der Waals surface area contributed by atoms with Crippen LogP contribution in [0.25, 0.3) is 0 Å². The number of aliphatic hydroxyl groups is 1. The maximum absolute atomic E-state index is 9.95. The standard InChI is InChI=1S/C17H16O/c1-13-3-7-15(8-4-13)9-12-17(18)16-10-5-14(2)6-11-16/h3-8,10-11,17-18H,1-2H3. The van der Waals surface area contributed by atoms with Crippen LogP contribution in [0, 0.1) is 25.7 Å². The summed E-state index contributed by atoms with van der Waals surface area (Å²) in [6.45, 7) is 4.06. The molecule has 1 nitrogen and oxygen atoms in total. The third-order valence-corrected chi connectivity index (χ3v) is 2.80. The van der Waals surface area contributed by atoms with Gasteiger partial charge in [0.1, 0.15) is 6.10 Å². The molecule has 0 saturated heterocycles. The quantitative estimate of drug-likeness (QED) is 0.752. The first-order valence-electron chi connectivity index (χ1n) is 5.98. The van der Waals surface area contributed by atoms with Gasteiger partial charge in [-0.25, -0.2) is 0 Å². The molecule has 1 atom stereocenters. The van der Waals surface area contributed by atoms with Crippen LogP contribution < -0.4 is 0 Å². The molecular formula is C17H16O. The fourth-order valence-corrected chi connectivity index (χ4v) is 1.62. The predicted octanol–water partition coefficient (Wildman–Crippen LogP) is 3.39. The van der Waals surface area contributed by atoms with E-state index in [0.29, 0.717) is 0 Å². The summed E-state index contributed by atoms with van der Waals surface area (Å²) in [4.78, 5) is 0. The Kier molecular flexibility index (Phi) is 3.82. The molecular weight excluding hydrogens is 220 g/mol. The lowest BCUT2D eigenvalue weighted by Crippen LogP contribution is -1.93. The van der Waals surface area contributed by atoms with E-state index in [0.717, 1.165) is 11.1 Å². The molecule has 2 aromatic carbocycles. The van der Waals surface area contributed by atoms with E-state index in [4.69, 9.17) is 0 Å². The highest BCUT2D eigenvalue weighted by molar-refractivity contribution is 5.38. The number of rotatable bonds is 1. The zero-order valence-electron chi connectivity index (χ0n) is 10.6. The minimum atomic E-state index is -0.730. The highest BCUT2D eigenvalue weighted by Gasteiger charge is 2.01. The average molecular weight is 236 g/mol. The molecule has 0 saturated carbocycles. The smallest absolute Gasteiger partial charge is 0.140 e. The lowest BCUT2D eigenvalue weighted by molar-refractivity contribution is 0.238. The van der Waals surface area contributed by atoms with Gasteiger partial charge in [-0.2, -0.15) is 0 Å². The van der Waals surface area contributed by atoms with Gasteiger partial charge in [0.2, 0.25) is 0 Å². The van der Waals surface area contributed by atoms with Crippen molar-refractivity contribution in [3.05, 3.63) is 70.8 Å². The van der Waals surface area contributed by atoms with Crippen LogP contribution in [0.5, 0.6) is 0 Å². The second-order valence-electron chi connectivity index (χ2n) is 4.45. The van der Waals surface area contributed by atoms with Crippen molar-refractivity contribution in [3.8, 4) is 11.8 Å². The first-order valence-corrected chi connectivity index (χ1v) is 5.98. The molecule has 0 bridgehead atoms. The molecule has 0 aliphatic carbocycles. The number of benzene rings is 2. The molecule has 1 heteroatoms. The molecule has 0 aliphatic rings. The van der Waals surface area contributed by atoms with Gasteiger partial charge in [0, 0.05) is 5.56 Å². The van der Waals surface area contributed by atoms with Crippen molar-refractivity contribution in [2.24, 2.45) is 0 Å². The minimum absolute atomic E-state index is 0.730. The SMILES string of the molecule is Cc1ccc(C#CC(O)c2ccc(C)cc2)cc1. The maximum Gasteiger partial charge on any atom is 0.140 e. The fourth-order valence-electron chi connectivity index (χ4n) is 1.62. The van der Waals surface area contributed by atoms with E-state index in [1.54, 1.807) is 0 Å². The Morgan fingerprint density at radius 1 is 0.833 bits per heavy atom. The zero-order chi connectivity index (χ0) is 13.0. The fraction of sp³-hybridized carbons (Fsp3) is 0.176. The van der Waals surface area contributed by atoms with Gasteiger partial charge >= 0.3 is 0 Å². The van der Waals surface area contributed by atoms with Gasteiger partial charge in [-0.3, -0.25) is 0 Å². The normalized spacial score (nSPS) is 11.5. The molecule has 1 unspecified atom stereocenters. The average Bonchev–Trinajstić information content (AvgIpc) is 2.38. The van der Waals surface area contributed by atoms with E-state index >= 15 is 0 Å². The zero-order valence-corrected chi connectivity index (χ0v) is 10.6. The van der Waals surface area contributed by atoms with Gasteiger partial charge in [0.05, 0.1) is 0 Å². The van der Waals surface area contributed by atoms with Crippen molar-refractivity contribution in [2.75, 3.05) is 0 Å². The molecule has 0 radical (unpaired) electrons. The highest BCUT2D eigenvalue weighted by Crippen LogP contribution is 2.12. The Balaban J connectivity index is 2.14. The molecule has 0 heterocycles. The Morgan fingerprint density at radius 2 is 1.33 bits per heavy atom. The van der Waals surface area contributed by atoms with E-state index in [1.807, 2.05) is 62.4 Å². The van der Waals surface area contributed by atoms with Crippen molar-refractivity contribution < 1.29 is 5.11 Å². The van der Waals surface area contributed by atoms with Crippen LogP contribution in [0.15, 0.2) is 48.5 Å². The summed E-state index contributed by atoms with van der Waals surface area (Å²) in [5, 5.41) is 9.95. The van der Waals surface area contributed by atoms with Crippen LogP contribution in [-0.4, -0.2) is 5.11 Å². The number of aryl methyl sites for hydroxylation is 2. The van der Waals surface area contributed by atoms with Crippen LogP contribution in [0.2, 0.25) is 0 Å². The van der Waals surface area contributed by atoms with Crippen LogP contribution in [0.4, 0.5) is 0 Å². The van der Waals surface area contributed by atoms with E-state index < -0.39 is 6.10 Å². The topological polar surface area (TPSA) is 20.2 Å². The molecule has 0 spiro atoms. The molecule has 0 amide bonds. The minimum Gasteiger partial charge on any atom is -0.376 e. The predicted molar refractivity (Wildman–Crippen MR) is 74.2 cm³/mol. The van der Waals surface area contributed by atoms with Crippen molar-refractivity contribution in [1.29, 1.82) is 0 Å². The summed E-state index contributed by atoms with van der Waals surface area (Å²) >= 11 is 0. The van der Waals surface area contributed by atoms with Crippen LogP contribution in [0.3, 0.4) is 0 Å². The molecule has 90 valence electrons. The van der Waals surface area contributed by atoms with E-state index in [9.17, 15) is 5.11 Å². The van der Waals surface area contributed by atoms with Gasteiger partial charge in [0.15, 0.2) is 0 Å². The Bertz CT molecular complexity index is 568. The second kappa shape index (κ2) is 5.53. The van der Waals surface area contributed by atoms with Gasteiger partial charge in [0.25, 0.3) is 0 Å². The summed E-state index contributed by atoms with van der Waals surface area (Å²) in [7, 11) is 0. The van der Waals surface area contributed by atoms with E-state index in [2.05, 4.69) is 11.8 Å². The van der Waals surface area contributed by atoms with Crippen molar-refractivity contribution >= 4 is 0 Å². The van der Waals surface area contributed by atoms with Gasteiger partial charge in [-0.1, -0.05) is 59.4 Å². The van der Waals surface area contributed by atoms with Crippen molar-refractivity contribution in [3.63, 3.8) is 0 Å². The number of aliphatic hydroxyl groups excluding tert-OH is 1.